The van der Waals surface area contributed by atoms with E-state index in [1.165, 1.54) is 0 Å². The average molecular weight is 423 g/mol. The number of Topliss-reactive ketones (excluding diaryl/α,β-unsaturated/α-hetero) is 1. The predicted molar refractivity (Wildman–Crippen MR) is 117 cm³/mol. The summed E-state index contributed by atoms with van der Waals surface area (Å²) < 4.78 is 0. The molecular weight excluding hydrogens is 380 g/mol. The zero-order chi connectivity index (χ0) is 22.5. The molecule has 0 saturated heterocycles. The minimum atomic E-state index is -0.737. The molecule has 0 radical (unpaired) electrons. The number of rotatable bonds is 10. The van der Waals surface area contributed by atoms with Gasteiger partial charge in [-0.3, -0.25) is 9.59 Å². The summed E-state index contributed by atoms with van der Waals surface area (Å²) in [4.78, 5) is 35.4. The second kappa shape index (κ2) is 10.9. The maximum absolute atomic E-state index is 12.9. The molecule has 172 valence electrons. The van der Waals surface area contributed by atoms with Gasteiger partial charge in [0, 0.05) is 24.7 Å². The Morgan fingerprint density at radius 2 is 1.83 bits per heavy atom. The van der Waals surface area contributed by atoms with E-state index in [9.17, 15) is 19.5 Å². The summed E-state index contributed by atoms with van der Waals surface area (Å²) in [6.07, 6.45) is 7.71. The van der Waals surface area contributed by atoms with Crippen molar-refractivity contribution in [2.75, 3.05) is 0 Å². The molecule has 2 fully saturated rings. The summed E-state index contributed by atoms with van der Waals surface area (Å²) in [5.74, 6) is 1.61. The molecule has 2 rings (SSSR count). The van der Waals surface area contributed by atoms with Crippen LogP contribution in [0.1, 0.15) is 91.9 Å². The molecule has 8 atom stereocenters. The molecule has 2 N–H and O–H groups in total. The molecule has 0 spiro atoms. The van der Waals surface area contributed by atoms with Gasteiger partial charge in [0.15, 0.2) is 0 Å². The number of hydrogen-bond donors (Lipinski definition) is 2. The van der Waals surface area contributed by atoms with Gasteiger partial charge in [0.1, 0.15) is 12.1 Å². The van der Waals surface area contributed by atoms with Gasteiger partial charge in [0.25, 0.3) is 0 Å². The van der Waals surface area contributed by atoms with Crippen LogP contribution < -0.4 is 0 Å². The molecule has 2 saturated carbocycles. The van der Waals surface area contributed by atoms with E-state index in [-0.39, 0.29) is 30.5 Å². The van der Waals surface area contributed by atoms with Gasteiger partial charge in [-0.1, -0.05) is 40.5 Å². The molecule has 0 aromatic rings. The topological polar surface area (TPSA) is 91.7 Å². The molecule has 0 bridgehead atoms. The van der Waals surface area contributed by atoms with Crippen molar-refractivity contribution in [3.05, 3.63) is 0 Å². The van der Waals surface area contributed by atoms with Crippen LogP contribution in [0.25, 0.3) is 0 Å². The van der Waals surface area contributed by atoms with E-state index in [1.807, 2.05) is 0 Å². The molecule has 5 heteroatoms. The number of aliphatic hydroxyl groups excluding tert-OH is 1. The molecule has 2 aliphatic carbocycles. The van der Waals surface area contributed by atoms with E-state index >= 15 is 0 Å². The highest BCUT2D eigenvalue weighted by Gasteiger charge is 2.50. The van der Waals surface area contributed by atoms with Crippen molar-refractivity contribution in [1.29, 1.82) is 0 Å². The SMILES string of the molecule is CC(CCC(=O)O)[C@H](C)CCC1C(CC=O)C([C@@]2(C)CC[C@H](O)CC2=O)CC[C@H]1C. The normalized spacial score (nSPS) is 36.8. The van der Waals surface area contributed by atoms with Crippen LogP contribution >= 0.6 is 0 Å². The number of carbonyl (C=O) groups is 3. The summed E-state index contributed by atoms with van der Waals surface area (Å²) in [7, 11) is 0. The first-order valence-electron chi connectivity index (χ1n) is 12.0. The second-order valence-electron chi connectivity index (χ2n) is 10.6. The van der Waals surface area contributed by atoms with Crippen LogP contribution in [0.5, 0.6) is 0 Å². The van der Waals surface area contributed by atoms with Gasteiger partial charge in [0.05, 0.1) is 6.10 Å². The van der Waals surface area contributed by atoms with Crippen molar-refractivity contribution in [3.63, 3.8) is 0 Å². The maximum Gasteiger partial charge on any atom is 0.303 e. The molecule has 0 amide bonds. The van der Waals surface area contributed by atoms with E-state index in [2.05, 4.69) is 27.7 Å². The number of aliphatic hydroxyl groups is 1. The first-order valence-corrected chi connectivity index (χ1v) is 12.0. The smallest absolute Gasteiger partial charge is 0.303 e. The third-order valence-electron chi connectivity index (χ3n) is 8.71. The lowest BCUT2D eigenvalue weighted by Gasteiger charge is -2.51. The lowest BCUT2D eigenvalue weighted by Crippen LogP contribution is -2.49. The van der Waals surface area contributed by atoms with Crippen molar-refractivity contribution >= 4 is 18.0 Å². The second-order valence-corrected chi connectivity index (χ2v) is 10.6. The molecule has 0 aromatic carbocycles. The molecular formula is C25H42O5. The van der Waals surface area contributed by atoms with Crippen LogP contribution in [0.2, 0.25) is 0 Å². The Balaban J connectivity index is 2.10. The standard InChI is InChI=1S/C25H42O5/c1-16(17(2)7-10-24(29)30)5-8-20-18(3)6-9-22(21(20)12-14-26)25(4)13-11-19(27)15-23(25)28/h14,16-22,27H,5-13,15H2,1-4H3,(H,29,30)/t16-,17?,18-,19+,20?,21?,22?,25-/m1/s1. The zero-order valence-corrected chi connectivity index (χ0v) is 19.3. The Morgan fingerprint density at radius 3 is 2.43 bits per heavy atom. The Morgan fingerprint density at radius 1 is 1.17 bits per heavy atom. The fraction of sp³-hybridized carbons (Fsp3) is 0.880. The monoisotopic (exact) mass is 422 g/mol. The quantitative estimate of drug-likeness (QED) is 0.489. The van der Waals surface area contributed by atoms with Crippen LogP contribution in [0.3, 0.4) is 0 Å². The van der Waals surface area contributed by atoms with Gasteiger partial charge in [-0.25, -0.2) is 0 Å². The Labute approximate surface area is 182 Å². The first-order chi connectivity index (χ1) is 14.1. The number of hydrogen-bond acceptors (Lipinski definition) is 4. The summed E-state index contributed by atoms with van der Waals surface area (Å²) in [5.41, 5.74) is -0.425. The molecule has 0 heterocycles. The zero-order valence-electron chi connectivity index (χ0n) is 19.3. The van der Waals surface area contributed by atoms with Crippen LogP contribution in [0, 0.1) is 40.9 Å². The number of aliphatic carboxylic acids is 1. The van der Waals surface area contributed by atoms with Crippen molar-refractivity contribution < 1.29 is 24.6 Å². The Bertz CT molecular complexity index is 602. The number of carboxylic acid groups (broad SMARTS) is 1. The van der Waals surface area contributed by atoms with Crippen molar-refractivity contribution in [3.8, 4) is 0 Å². The van der Waals surface area contributed by atoms with Crippen LogP contribution in [-0.4, -0.2) is 34.4 Å². The third-order valence-corrected chi connectivity index (χ3v) is 8.71. The lowest BCUT2D eigenvalue weighted by molar-refractivity contribution is -0.143. The fourth-order valence-corrected chi connectivity index (χ4v) is 6.25. The van der Waals surface area contributed by atoms with Gasteiger partial charge in [-0.05, 0) is 67.6 Å². The fourth-order valence-electron chi connectivity index (χ4n) is 6.25. The molecule has 5 nitrogen and oxygen atoms in total. The number of aldehydes is 1. The minimum absolute atomic E-state index is 0.172. The minimum Gasteiger partial charge on any atom is -0.481 e. The summed E-state index contributed by atoms with van der Waals surface area (Å²) in [5, 5.41) is 18.9. The third kappa shape index (κ3) is 5.93. The van der Waals surface area contributed by atoms with Crippen LogP contribution in [-0.2, 0) is 14.4 Å². The highest BCUT2D eigenvalue weighted by molar-refractivity contribution is 5.86. The van der Waals surface area contributed by atoms with E-state index in [0.717, 1.165) is 38.4 Å². The molecule has 2 aliphatic rings. The van der Waals surface area contributed by atoms with Gasteiger partial charge in [-0.15, -0.1) is 0 Å². The highest BCUT2D eigenvalue weighted by atomic mass is 16.4. The number of carbonyl (C=O) groups excluding carboxylic acids is 2. The summed E-state index contributed by atoms with van der Waals surface area (Å²) in [6, 6.07) is 0. The van der Waals surface area contributed by atoms with E-state index in [1.54, 1.807) is 0 Å². The lowest BCUT2D eigenvalue weighted by atomic mass is 9.53. The molecule has 0 aliphatic heterocycles. The molecule has 0 aromatic heterocycles. The average Bonchev–Trinajstić information content (AvgIpc) is 2.68. The summed E-state index contributed by atoms with van der Waals surface area (Å²) in [6.45, 7) is 8.70. The van der Waals surface area contributed by atoms with Gasteiger partial charge in [0.2, 0.25) is 0 Å². The predicted octanol–water partition coefficient (Wildman–Crippen LogP) is 4.89. The highest BCUT2D eigenvalue weighted by Crippen LogP contribution is 2.53. The molecule has 30 heavy (non-hydrogen) atoms. The number of ketones is 1. The number of carboxylic acids is 1. The van der Waals surface area contributed by atoms with Gasteiger partial charge >= 0.3 is 5.97 Å². The van der Waals surface area contributed by atoms with Crippen molar-refractivity contribution in [2.24, 2.45) is 40.9 Å². The van der Waals surface area contributed by atoms with Crippen LogP contribution in [0.15, 0.2) is 0 Å². The van der Waals surface area contributed by atoms with E-state index in [0.29, 0.717) is 42.9 Å². The van der Waals surface area contributed by atoms with E-state index in [4.69, 9.17) is 5.11 Å². The Kier molecular flexibility index (Phi) is 9.08. The van der Waals surface area contributed by atoms with E-state index < -0.39 is 17.5 Å². The van der Waals surface area contributed by atoms with Crippen LogP contribution in [0.4, 0.5) is 0 Å². The van der Waals surface area contributed by atoms with Gasteiger partial charge < -0.3 is 15.0 Å². The maximum atomic E-state index is 12.9. The van der Waals surface area contributed by atoms with Crippen molar-refractivity contribution in [2.45, 2.75) is 98.0 Å². The van der Waals surface area contributed by atoms with Crippen molar-refractivity contribution in [1.82, 2.24) is 0 Å². The summed E-state index contributed by atoms with van der Waals surface area (Å²) >= 11 is 0. The first kappa shape index (κ1) is 25.0. The Hall–Kier alpha value is -1.23. The van der Waals surface area contributed by atoms with Gasteiger partial charge in [-0.2, -0.15) is 0 Å². The largest absolute Gasteiger partial charge is 0.481 e. The molecule has 4 unspecified atom stereocenters.